The van der Waals surface area contributed by atoms with E-state index in [2.05, 4.69) is 0 Å². The number of nitrogen functional groups attached to an aromatic ring is 1. The average Bonchev–Trinajstić information content (AvgIpc) is 2.91. The van der Waals surface area contributed by atoms with Crippen molar-refractivity contribution in [1.29, 1.82) is 0 Å². The fourth-order valence-corrected chi connectivity index (χ4v) is 2.02. The Morgan fingerprint density at radius 1 is 1.55 bits per heavy atom. The van der Waals surface area contributed by atoms with Crippen LogP contribution < -0.4 is 10.5 Å². The van der Waals surface area contributed by atoms with Gasteiger partial charge >= 0.3 is 5.97 Å². The number of nitrogens with two attached hydrogens (primary N) is 1. The molecule has 1 atom stereocenters. The van der Waals surface area contributed by atoms with Gasteiger partial charge in [0, 0.05) is 18.4 Å². The maximum Gasteiger partial charge on any atom is 0.340 e. The average molecular weight is 283 g/mol. The number of carbonyl (C=O) groups is 1. The largest absolute Gasteiger partial charge is 0.488 e. The van der Waals surface area contributed by atoms with Gasteiger partial charge in [0.05, 0.1) is 18.3 Å². The molecule has 0 amide bonds. The lowest BCUT2D eigenvalue weighted by Gasteiger charge is -2.14. The predicted octanol–water partition coefficient (Wildman–Crippen LogP) is 2.14. The van der Waals surface area contributed by atoms with Gasteiger partial charge in [0.1, 0.15) is 6.61 Å². The Labute approximate surface area is 116 Å². The zero-order chi connectivity index (χ0) is 14.5. The molecule has 1 heterocycles. The maximum absolute atomic E-state index is 13.8. The third-order valence-corrected chi connectivity index (χ3v) is 3.05. The van der Waals surface area contributed by atoms with E-state index >= 15 is 0 Å². The Morgan fingerprint density at radius 2 is 2.35 bits per heavy atom. The van der Waals surface area contributed by atoms with Crippen LogP contribution in [-0.2, 0) is 9.47 Å². The number of halogens is 1. The normalized spacial score (nSPS) is 18.0. The van der Waals surface area contributed by atoms with E-state index in [9.17, 15) is 9.18 Å². The molecule has 1 saturated heterocycles. The topological polar surface area (TPSA) is 70.8 Å². The SMILES string of the molecule is CCOC(=O)c1cc(OCC2CCCO2)c(F)cc1N. The lowest BCUT2D eigenvalue weighted by Crippen LogP contribution is -2.17. The highest BCUT2D eigenvalue weighted by molar-refractivity contribution is 5.95. The van der Waals surface area contributed by atoms with Crippen molar-refractivity contribution >= 4 is 11.7 Å². The lowest BCUT2D eigenvalue weighted by molar-refractivity contribution is 0.0525. The van der Waals surface area contributed by atoms with Gasteiger partial charge in [-0.1, -0.05) is 0 Å². The monoisotopic (exact) mass is 283 g/mol. The molecule has 2 rings (SSSR count). The van der Waals surface area contributed by atoms with E-state index in [4.69, 9.17) is 19.9 Å². The zero-order valence-corrected chi connectivity index (χ0v) is 11.4. The Morgan fingerprint density at radius 3 is 3.00 bits per heavy atom. The predicted molar refractivity (Wildman–Crippen MR) is 71.2 cm³/mol. The number of anilines is 1. The fourth-order valence-electron chi connectivity index (χ4n) is 2.02. The summed E-state index contributed by atoms with van der Waals surface area (Å²) in [5, 5.41) is 0. The van der Waals surface area contributed by atoms with Crippen LogP contribution in [0.3, 0.4) is 0 Å². The molecule has 2 N–H and O–H groups in total. The molecular weight excluding hydrogens is 265 g/mol. The molecule has 1 aromatic rings. The molecular formula is C14H18FNO4. The number of esters is 1. The second-order valence-electron chi connectivity index (χ2n) is 4.54. The van der Waals surface area contributed by atoms with Crippen molar-refractivity contribution in [2.24, 2.45) is 0 Å². The maximum atomic E-state index is 13.8. The molecule has 1 aliphatic rings. The number of hydrogen-bond donors (Lipinski definition) is 1. The van der Waals surface area contributed by atoms with E-state index in [1.165, 1.54) is 6.07 Å². The van der Waals surface area contributed by atoms with Gasteiger partial charge in [-0.25, -0.2) is 9.18 Å². The van der Waals surface area contributed by atoms with E-state index in [-0.39, 0.29) is 36.3 Å². The summed E-state index contributed by atoms with van der Waals surface area (Å²) in [7, 11) is 0. The second-order valence-corrected chi connectivity index (χ2v) is 4.54. The molecule has 1 unspecified atom stereocenters. The quantitative estimate of drug-likeness (QED) is 0.662. The van der Waals surface area contributed by atoms with Crippen LogP contribution in [0, 0.1) is 5.82 Å². The van der Waals surface area contributed by atoms with E-state index in [0.717, 1.165) is 18.9 Å². The molecule has 1 fully saturated rings. The molecule has 0 aliphatic carbocycles. The summed E-state index contributed by atoms with van der Waals surface area (Å²) in [5.74, 6) is -1.21. The molecule has 1 aromatic carbocycles. The van der Waals surface area contributed by atoms with E-state index in [0.29, 0.717) is 6.61 Å². The van der Waals surface area contributed by atoms with Gasteiger partial charge in [0.2, 0.25) is 0 Å². The minimum absolute atomic E-state index is 0.0160. The van der Waals surface area contributed by atoms with Gasteiger partial charge in [0.25, 0.3) is 0 Å². The van der Waals surface area contributed by atoms with Crippen LogP contribution in [0.4, 0.5) is 10.1 Å². The third-order valence-electron chi connectivity index (χ3n) is 3.05. The zero-order valence-electron chi connectivity index (χ0n) is 11.4. The lowest BCUT2D eigenvalue weighted by atomic mass is 10.1. The highest BCUT2D eigenvalue weighted by Crippen LogP contribution is 2.26. The summed E-state index contributed by atoms with van der Waals surface area (Å²) in [5.41, 5.74) is 5.76. The minimum Gasteiger partial charge on any atom is -0.488 e. The molecule has 0 bridgehead atoms. The van der Waals surface area contributed by atoms with Crippen molar-refractivity contribution in [3.63, 3.8) is 0 Å². The van der Waals surface area contributed by atoms with Gasteiger partial charge in [-0.05, 0) is 25.8 Å². The fraction of sp³-hybridized carbons (Fsp3) is 0.500. The minimum atomic E-state index is -0.603. The summed E-state index contributed by atoms with van der Waals surface area (Å²) in [6, 6.07) is 2.34. The van der Waals surface area contributed by atoms with Crippen LogP contribution in [0.5, 0.6) is 5.75 Å². The van der Waals surface area contributed by atoms with E-state index < -0.39 is 11.8 Å². The number of carbonyl (C=O) groups excluding carboxylic acids is 1. The van der Waals surface area contributed by atoms with Crippen LogP contribution in [-0.4, -0.2) is 31.9 Å². The van der Waals surface area contributed by atoms with E-state index in [1.54, 1.807) is 6.92 Å². The van der Waals surface area contributed by atoms with Gasteiger partial charge < -0.3 is 19.9 Å². The first kappa shape index (κ1) is 14.6. The molecule has 1 aliphatic heterocycles. The summed E-state index contributed by atoms with van der Waals surface area (Å²) < 4.78 is 29.4. The Bertz CT molecular complexity index is 486. The van der Waals surface area contributed by atoms with E-state index in [1.807, 2.05) is 0 Å². The molecule has 20 heavy (non-hydrogen) atoms. The van der Waals surface area contributed by atoms with Gasteiger partial charge in [-0.2, -0.15) is 0 Å². The highest BCUT2D eigenvalue weighted by Gasteiger charge is 2.19. The molecule has 0 aromatic heterocycles. The summed E-state index contributed by atoms with van der Waals surface area (Å²) in [6.07, 6.45) is 1.84. The van der Waals surface area contributed by atoms with Crippen molar-refractivity contribution in [2.45, 2.75) is 25.9 Å². The first-order valence-electron chi connectivity index (χ1n) is 6.62. The Hall–Kier alpha value is -1.82. The second kappa shape index (κ2) is 6.56. The molecule has 110 valence electrons. The Balaban J connectivity index is 2.10. The number of rotatable bonds is 5. The molecule has 5 nitrogen and oxygen atoms in total. The summed E-state index contributed by atoms with van der Waals surface area (Å²) in [4.78, 5) is 11.7. The van der Waals surface area contributed by atoms with Crippen molar-refractivity contribution in [2.75, 3.05) is 25.6 Å². The highest BCUT2D eigenvalue weighted by atomic mass is 19.1. The smallest absolute Gasteiger partial charge is 0.340 e. The standard InChI is InChI=1S/C14H18FNO4/c1-2-18-14(17)10-6-13(11(15)7-12(10)16)20-8-9-4-3-5-19-9/h6-7,9H,2-5,8,16H2,1H3. The molecule has 0 saturated carbocycles. The third kappa shape index (κ3) is 3.39. The van der Waals surface area contributed by atoms with Crippen LogP contribution in [0.25, 0.3) is 0 Å². The van der Waals surface area contributed by atoms with Crippen LogP contribution in [0.2, 0.25) is 0 Å². The van der Waals surface area contributed by atoms with Gasteiger partial charge in [0.15, 0.2) is 11.6 Å². The number of ether oxygens (including phenoxy) is 3. The number of benzene rings is 1. The van der Waals surface area contributed by atoms with Gasteiger partial charge in [-0.3, -0.25) is 0 Å². The summed E-state index contributed by atoms with van der Waals surface area (Å²) in [6.45, 7) is 2.86. The first-order valence-corrected chi connectivity index (χ1v) is 6.62. The Kier molecular flexibility index (Phi) is 4.79. The van der Waals surface area contributed by atoms with Crippen molar-refractivity contribution in [1.82, 2.24) is 0 Å². The van der Waals surface area contributed by atoms with Crippen molar-refractivity contribution in [3.05, 3.63) is 23.5 Å². The first-order chi connectivity index (χ1) is 9.61. The number of hydrogen-bond acceptors (Lipinski definition) is 5. The van der Waals surface area contributed by atoms with Gasteiger partial charge in [-0.15, -0.1) is 0 Å². The molecule has 6 heteroatoms. The molecule has 0 radical (unpaired) electrons. The molecule has 0 spiro atoms. The summed E-state index contributed by atoms with van der Waals surface area (Å²) >= 11 is 0. The van der Waals surface area contributed by atoms with Crippen molar-refractivity contribution in [3.8, 4) is 5.75 Å². The van der Waals surface area contributed by atoms with Crippen LogP contribution >= 0.6 is 0 Å². The van der Waals surface area contributed by atoms with Crippen molar-refractivity contribution < 1.29 is 23.4 Å². The van der Waals surface area contributed by atoms with Crippen LogP contribution in [0.1, 0.15) is 30.1 Å². The van der Waals surface area contributed by atoms with Crippen LogP contribution in [0.15, 0.2) is 12.1 Å².